The van der Waals surface area contributed by atoms with Crippen molar-refractivity contribution in [3.63, 3.8) is 0 Å². The lowest BCUT2D eigenvalue weighted by Crippen LogP contribution is -2.23. The molecule has 0 spiro atoms. The Morgan fingerprint density at radius 2 is 1.58 bits per heavy atom. The van der Waals surface area contributed by atoms with E-state index in [1.807, 2.05) is 0 Å². The third kappa shape index (κ3) is 5.84. The number of non-ortho nitro benzene ring substituents is 1. The first-order valence-corrected chi connectivity index (χ1v) is 8.51. The summed E-state index contributed by atoms with van der Waals surface area (Å²) in [4.78, 5) is 22.1. The molecule has 140 valence electrons. The van der Waals surface area contributed by atoms with Crippen LogP contribution in [0.1, 0.15) is 31.4 Å². The molecule has 0 amide bonds. The normalized spacial score (nSPS) is 9.85. The number of anilines is 1. The van der Waals surface area contributed by atoms with Gasteiger partial charge in [0.1, 0.15) is 0 Å². The average molecular weight is 359 g/mol. The lowest BCUT2D eigenvalue weighted by molar-refractivity contribution is -0.394. The summed E-state index contributed by atoms with van der Waals surface area (Å²) in [7, 11) is 0. The van der Waals surface area contributed by atoms with Gasteiger partial charge in [-0.15, -0.1) is 0 Å². The number of hydrogen-bond acceptors (Lipinski definition) is 5. The second-order valence-electron chi connectivity index (χ2n) is 5.84. The van der Waals surface area contributed by atoms with Crippen molar-refractivity contribution in [3.8, 4) is 0 Å². The second kappa shape index (κ2) is 10.1. The number of nitro benzene ring substituents is 2. The summed E-state index contributed by atoms with van der Waals surface area (Å²) in [5.74, 6) is 0. The van der Waals surface area contributed by atoms with Gasteiger partial charge < -0.3 is 4.90 Å². The van der Waals surface area contributed by atoms with Crippen LogP contribution in [0, 0.1) is 34.1 Å². The Kier molecular flexibility index (Phi) is 8.21. The molecular formula is C19H25N3O4. The Bertz CT molecular complexity index is 748. The van der Waals surface area contributed by atoms with Gasteiger partial charge in [0, 0.05) is 30.4 Å². The minimum Gasteiger partial charge on any atom is -0.372 e. The Labute approximate surface area is 153 Å². The average Bonchev–Trinajstić information content (AvgIpc) is 2.62. The van der Waals surface area contributed by atoms with Crippen molar-refractivity contribution in [2.24, 2.45) is 0 Å². The highest BCUT2D eigenvalue weighted by Crippen LogP contribution is 2.27. The lowest BCUT2D eigenvalue weighted by Gasteiger charge is -2.21. The lowest BCUT2D eigenvalue weighted by atomic mass is 10.1. The second-order valence-corrected chi connectivity index (χ2v) is 5.84. The summed E-state index contributed by atoms with van der Waals surface area (Å²) in [5, 5.41) is 21.0. The van der Waals surface area contributed by atoms with Gasteiger partial charge >= 0.3 is 0 Å². The minimum absolute atomic E-state index is 0.211. The predicted molar refractivity (Wildman–Crippen MR) is 104 cm³/mol. The van der Waals surface area contributed by atoms with E-state index in [1.165, 1.54) is 18.2 Å². The van der Waals surface area contributed by atoms with Gasteiger partial charge in [-0.1, -0.05) is 25.1 Å². The zero-order chi connectivity index (χ0) is 19.7. The molecule has 2 aromatic carbocycles. The molecule has 0 bridgehead atoms. The fourth-order valence-electron chi connectivity index (χ4n) is 2.50. The van der Waals surface area contributed by atoms with E-state index in [0.29, 0.717) is 11.1 Å². The molecule has 2 rings (SSSR count). The van der Waals surface area contributed by atoms with E-state index in [0.717, 1.165) is 19.2 Å². The molecule has 0 saturated carbocycles. The summed E-state index contributed by atoms with van der Waals surface area (Å²) in [5.41, 5.74) is 1.88. The molecule has 2 aromatic rings. The van der Waals surface area contributed by atoms with E-state index in [4.69, 9.17) is 0 Å². The molecule has 0 N–H and O–H groups in total. The first-order chi connectivity index (χ1) is 12.3. The van der Waals surface area contributed by atoms with Crippen LogP contribution < -0.4 is 4.90 Å². The van der Waals surface area contributed by atoms with Crippen LogP contribution in [0.3, 0.4) is 0 Å². The van der Waals surface area contributed by atoms with Crippen molar-refractivity contribution < 1.29 is 9.85 Å². The van der Waals surface area contributed by atoms with Crippen molar-refractivity contribution in [2.75, 3.05) is 18.0 Å². The van der Waals surface area contributed by atoms with Crippen molar-refractivity contribution in [3.05, 3.63) is 73.8 Å². The van der Waals surface area contributed by atoms with Gasteiger partial charge in [-0.05, 0) is 44.9 Å². The fourth-order valence-corrected chi connectivity index (χ4v) is 2.50. The summed E-state index contributed by atoms with van der Waals surface area (Å²) in [6, 6.07) is 12.9. The fraction of sp³-hybridized carbons (Fsp3) is 0.368. The van der Waals surface area contributed by atoms with Crippen molar-refractivity contribution in [1.82, 2.24) is 0 Å². The summed E-state index contributed by atoms with van der Waals surface area (Å²) in [6.45, 7) is 9.83. The smallest absolute Gasteiger partial charge is 0.279 e. The van der Waals surface area contributed by atoms with E-state index in [-0.39, 0.29) is 11.4 Å². The van der Waals surface area contributed by atoms with Gasteiger partial charge in [-0.2, -0.15) is 0 Å². The molecule has 0 radical (unpaired) electrons. The molecule has 7 heteroatoms. The van der Waals surface area contributed by atoms with Crippen LogP contribution in [0.5, 0.6) is 0 Å². The first kappa shape index (κ1) is 21.1. The van der Waals surface area contributed by atoms with Gasteiger partial charge in [0.2, 0.25) is 0 Å². The molecule has 0 saturated heterocycles. The van der Waals surface area contributed by atoms with Crippen molar-refractivity contribution in [2.45, 2.75) is 34.1 Å². The molecule has 0 aromatic heterocycles. The molecule has 0 aliphatic heterocycles. The van der Waals surface area contributed by atoms with Gasteiger partial charge in [0.25, 0.3) is 11.4 Å². The highest BCUT2D eigenvalue weighted by atomic mass is 16.6. The molecule has 26 heavy (non-hydrogen) atoms. The van der Waals surface area contributed by atoms with Gasteiger partial charge in [-0.3, -0.25) is 20.2 Å². The van der Waals surface area contributed by atoms with Crippen LogP contribution in [-0.4, -0.2) is 22.9 Å². The number of nitrogens with zero attached hydrogens (tertiary/aromatic N) is 3. The van der Waals surface area contributed by atoms with Crippen molar-refractivity contribution in [1.29, 1.82) is 0 Å². The molecule has 0 aliphatic rings. The summed E-state index contributed by atoms with van der Waals surface area (Å²) >= 11 is 0. The third-order valence-electron chi connectivity index (χ3n) is 4.03. The van der Waals surface area contributed by atoms with Crippen LogP contribution in [0.25, 0.3) is 0 Å². The highest BCUT2D eigenvalue weighted by Gasteiger charge is 2.18. The van der Waals surface area contributed by atoms with Crippen LogP contribution >= 0.6 is 0 Å². The summed E-state index contributed by atoms with van der Waals surface area (Å²) in [6.07, 6.45) is 1.21. The van der Waals surface area contributed by atoms with E-state index < -0.39 is 9.85 Å². The standard InChI is InChI=1S/C11H17N.C8H8N2O4/c1-3-10-12(4-2)11-8-6-5-7-9-11;1-5-3-7(9(11)12)4-8(6(5)2)10(13)14/h5-9H,3-4,10H2,1-2H3;3-4H,1-2H3. The number of rotatable bonds is 6. The SMILES string of the molecule is CCCN(CC)c1ccccc1.Cc1cc([N+](=O)[O-])cc([N+](=O)[O-])c1C. The quantitative estimate of drug-likeness (QED) is 0.532. The van der Waals surface area contributed by atoms with E-state index >= 15 is 0 Å². The molecular weight excluding hydrogens is 334 g/mol. The number of nitro groups is 2. The maximum Gasteiger partial charge on any atom is 0.279 e. The highest BCUT2D eigenvalue weighted by molar-refractivity contribution is 5.52. The van der Waals surface area contributed by atoms with E-state index in [1.54, 1.807) is 13.8 Å². The van der Waals surface area contributed by atoms with Crippen LogP contribution in [0.15, 0.2) is 42.5 Å². The number of para-hydroxylation sites is 1. The first-order valence-electron chi connectivity index (χ1n) is 8.51. The van der Waals surface area contributed by atoms with Crippen LogP contribution in [0.2, 0.25) is 0 Å². The predicted octanol–water partition coefficient (Wildman–Crippen LogP) is 5.04. The molecule has 0 unspecified atom stereocenters. The summed E-state index contributed by atoms with van der Waals surface area (Å²) < 4.78 is 0. The molecule has 0 aliphatic carbocycles. The zero-order valence-corrected chi connectivity index (χ0v) is 15.6. The zero-order valence-electron chi connectivity index (χ0n) is 15.6. The Hall–Kier alpha value is -2.96. The Morgan fingerprint density at radius 3 is 2.04 bits per heavy atom. The molecule has 0 fully saturated rings. The van der Waals surface area contributed by atoms with Gasteiger partial charge in [-0.25, -0.2) is 0 Å². The van der Waals surface area contributed by atoms with Gasteiger partial charge in [0.05, 0.1) is 15.9 Å². The molecule has 7 nitrogen and oxygen atoms in total. The van der Waals surface area contributed by atoms with E-state index in [9.17, 15) is 20.2 Å². The third-order valence-corrected chi connectivity index (χ3v) is 4.03. The molecule has 0 atom stereocenters. The largest absolute Gasteiger partial charge is 0.372 e. The minimum atomic E-state index is -0.639. The topological polar surface area (TPSA) is 89.5 Å². The Morgan fingerprint density at radius 1 is 0.962 bits per heavy atom. The van der Waals surface area contributed by atoms with Gasteiger partial charge in [0.15, 0.2) is 0 Å². The maximum atomic E-state index is 10.5. The number of hydrogen-bond donors (Lipinski definition) is 0. The number of benzene rings is 2. The molecule has 0 heterocycles. The number of aryl methyl sites for hydroxylation is 1. The van der Waals surface area contributed by atoms with E-state index in [2.05, 4.69) is 49.1 Å². The monoisotopic (exact) mass is 359 g/mol. The maximum absolute atomic E-state index is 10.5. The van der Waals surface area contributed by atoms with Crippen LogP contribution in [-0.2, 0) is 0 Å². The Balaban J connectivity index is 0.000000263. The van der Waals surface area contributed by atoms with Crippen LogP contribution in [0.4, 0.5) is 17.1 Å². The van der Waals surface area contributed by atoms with Crippen molar-refractivity contribution >= 4 is 17.1 Å².